The van der Waals surface area contributed by atoms with Crippen LogP contribution in [0.2, 0.25) is 0 Å². The molecule has 0 amide bonds. The fourth-order valence-corrected chi connectivity index (χ4v) is 2.80. The van der Waals surface area contributed by atoms with Gasteiger partial charge in [-0.15, -0.1) is 0 Å². The lowest BCUT2D eigenvalue weighted by molar-refractivity contribution is 0.585. The van der Waals surface area contributed by atoms with Crippen LogP contribution in [0.1, 0.15) is 64.1 Å². The van der Waals surface area contributed by atoms with E-state index in [4.69, 9.17) is 0 Å². The second-order valence-corrected chi connectivity index (χ2v) is 6.53. The molecule has 0 aromatic heterocycles. The topological polar surface area (TPSA) is 12.0 Å². The molecule has 0 saturated carbocycles. The minimum absolute atomic E-state index is 0.235. The summed E-state index contributed by atoms with van der Waals surface area (Å²) in [5, 5.41) is 3.63. The molecule has 0 fully saturated rings. The maximum atomic E-state index is 3.63. The van der Waals surface area contributed by atoms with E-state index in [0.29, 0.717) is 6.04 Å². The third-order valence-corrected chi connectivity index (χ3v) is 3.97. The Balaban J connectivity index is 2.22. The van der Waals surface area contributed by atoms with E-state index in [1.54, 1.807) is 5.57 Å². The van der Waals surface area contributed by atoms with Gasteiger partial charge in [-0.3, -0.25) is 0 Å². The molecule has 2 rings (SSSR count). The molecule has 1 aromatic rings. The first-order valence-electron chi connectivity index (χ1n) is 7.55. The van der Waals surface area contributed by atoms with Crippen molar-refractivity contribution in [1.29, 1.82) is 0 Å². The normalized spacial score (nSPS) is 17.4. The summed E-state index contributed by atoms with van der Waals surface area (Å²) >= 11 is 0. The van der Waals surface area contributed by atoms with E-state index in [1.165, 1.54) is 30.4 Å². The van der Waals surface area contributed by atoms with Gasteiger partial charge in [-0.05, 0) is 42.3 Å². The SMILES string of the molecule is CCNC(C1=CCCC1)c1ccc(C(C)(C)C)cc1. The van der Waals surface area contributed by atoms with Crippen LogP contribution in [-0.4, -0.2) is 6.54 Å². The molecule has 0 radical (unpaired) electrons. The van der Waals surface area contributed by atoms with Crippen molar-refractivity contribution in [3.8, 4) is 0 Å². The number of allylic oxidation sites excluding steroid dienone is 1. The maximum Gasteiger partial charge on any atom is 0.0535 e. The van der Waals surface area contributed by atoms with Crippen LogP contribution in [-0.2, 0) is 5.41 Å². The molecule has 1 unspecified atom stereocenters. The standard InChI is InChI=1S/C18H27N/c1-5-19-17(14-8-6-7-9-14)15-10-12-16(13-11-15)18(2,3)4/h8,10-13,17,19H,5-7,9H2,1-4H3. The minimum atomic E-state index is 0.235. The van der Waals surface area contributed by atoms with E-state index in [1.807, 2.05) is 0 Å². The monoisotopic (exact) mass is 257 g/mol. The van der Waals surface area contributed by atoms with Gasteiger partial charge in [0.05, 0.1) is 6.04 Å². The number of hydrogen-bond acceptors (Lipinski definition) is 1. The Labute approximate surface area is 118 Å². The van der Waals surface area contributed by atoms with Gasteiger partial charge in [-0.25, -0.2) is 0 Å². The lowest BCUT2D eigenvalue weighted by Gasteiger charge is -2.23. The molecule has 1 aliphatic carbocycles. The van der Waals surface area contributed by atoms with Crippen molar-refractivity contribution in [3.63, 3.8) is 0 Å². The van der Waals surface area contributed by atoms with Gasteiger partial charge in [0, 0.05) is 0 Å². The Kier molecular flexibility index (Phi) is 4.46. The highest BCUT2D eigenvalue weighted by atomic mass is 14.9. The predicted octanol–water partition coefficient (Wildman–Crippen LogP) is 4.75. The van der Waals surface area contributed by atoms with Gasteiger partial charge in [-0.1, -0.05) is 63.6 Å². The Hall–Kier alpha value is -1.08. The summed E-state index contributed by atoms with van der Waals surface area (Å²) in [6, 6.07) is 9.59. The molecule has 1 N–H and O–H groups in total. The lowest BCUT2D eigenvalue weighted by atomic mass is 9.85. The van der Waals surface area contributed by atoms with Gasteiger partial charge in [0.2, 0.25) is 0 Å². The van der Waals surface area contributed by atoms with Crippen molar-refractivity contribution in [2.75, 3.05) is 6.54 Å². The van der Waals surface area contributed by atoms with Crippen molar-refractivity contribution < 1.29 is 0 Å². The average Bonchev–Trinajstić information content (AvgIpc) is 2.89. The molecule has 0 spiro atoms. The van der Waals surface area contributed by atoms with Crippen LogP contribution >= 0.6 is 0 Å². The first-order valence-corrected chi connectivity index (χ1v) is 7.55. The smallest absolute Gasteiger partial charge is 0.0535 e. The van der Waals surface area contributed by atoms with Gasteiger partial charge in [0.15, 0.2) is 0 Å². The van der Waals surface area contributed by atoms with Crippen LogP contribution in [0, 0.1) is 0 Å². The van der Waals surface area contributed by atoms with Crippen molar-refractivity contribution >= 4 is 0 Å². The fraction of sp³-hybridized carbons (Fsp3) is 0.556. The maximum absolute atomic E-state index is 3.63. The summed E-state index contributed by atoms with van der Waals surface area (Å²) in [4.78, 5) is 0. The third-order valence-electron chi connectivity index (χ3n) is 3.97. The molecule has 1 atom stereocenters. The van der Waals surface area contributed by atoms with Gasteiger partial charge < -0.3 is 5.32 Å². The highest BCUT2D eigenvalue weighted by Gasteiger charge is 2.19. The van der Waals surface area contributed by atoms with Crippen molar-refractivity contribution in [1.82, 2.24) is 5.32 Å². The number of hydrogen-bond donors (Lipinski definition) is 1. The number of nitrogens with one attached hydrogen (secondary N) is 1. The predicted molar refractivity (Wildman–Crippen MR) is 83.5 cm³/mol. The van der Waals surface area contributed by atoms with Crippen LogP contribution in [0.5, 0.6) is 0 Å². The average molecular weight is 257 g/mol. The van der Waals surface area contributed by atoms with Crippen LogP contribution in [0.3, 0.4) is 0 Å². The van der Waals surface area contributed by atoms with Crippen molar-refractivity contribution in [2.24, 2.45) is 0 Å². The summed E-state index contributed by atoms with van der Waals surface area (Å²) in [6.45, 7) is 10.0. The molecule has 19 heavy (non-hydrogen) atoms. The summed E-state index contributed by atoms with van der Waals surface area (Å²) in [7, 11) is 0. The van der Waals surface area contributed by atoms with Gasteiger partial charge in [0.25, 0.3) is 0 Å². The largest absolute Gasteiger partial charge is 0.307 e. The third kappa shape index (κ3) is 3.48. The van der Waals surface area contributed by atoms with Gasteiger partial charge in [-0.2, -0.15) is 0 Å². The highest BCUT2D eigenvalue weighted by molar-refractivity contribution is 5.34. The second kappa shape index (κ2) is 5.92. The zero-order valence-electron chi connectivity index (χ0n) is 12.8. The van der Waals surface area contributed by atoms with Crippen LogP contribution < -0.4 is 5.32 Å². The van der Waals surface area contributed by atoms with Crippen molar-refractivity contribution in [2.45, 2.75) is 58.4 Å². The Morgan fingerprint density at radius 1 is 1.16 bits per heavy atom. The summed E-state index contributed by atoms with van der Waals surface area (Å²) < 4.78 is 0. The van der Waals surface area contributed by atoms with Gasteiger partial charge >= 0.3 is 0 Å². The summed E-state index contributed by atoms with van der Waals surface area (Å²) in [5.74, 6) is 0. The van der Waals surface area contributed by atoms with Gasteiger partial charge in [0.1, 0.15) is 0 Å². The fourth-order valence-electron chi connectivity index (χ4n) is 2.80. The van der Waals surface area contributed by atoms with E-state index in [0.717, 1.165) is 6.54 Å². The van der Waals surface area contributed by atoms with Crippen LogP contribution in [0.4, 0.5) is 0 Å². The van der Waals surface area contributed by atoms with Crippen LogP contribution in [0.15, 0.2) is 35.9 Å². The molecular formula is C18H27N. The zero-order chi connectivity index (χ0) is 13.9. The first-order chi connectivity index (χ1) is 9.02. The molecule has 1 aromatic carbocycles. The number of likely N-dealkylation sites (N-methyl/N-ethyl adjacent to an activating group) is 1. The molecule has 1 nitrogen and oxygen atoms in total. The quantitative estimate of drug-likeness (QED) is 0.768. The highest BCUT2D eigenvalue weighted by Crippen LogP contribution is 2.32. The van der Waals surface area contributed by atoms with Crippen molar-refractivity contribution in [3.05, 3.63) is 47.0 Å². The molecule has 0 saturated heterocycles. The Bertz CT molecular complexity index is 434. The summed E-state index contributed by atoms with van der Waals surface area (Å²) in [6.07, 6.45) is 6.23. The first kappa shape index (κ1) is 14.3. The van der Waals surface area contributed by atoms with Crippen LogP contribution in [0.25, 0.3) is 0 Å². The molecule has 104 valence electrons. The molecule has 0 heterocycles. The van der Waals surface area contributed by atoms with E-state index in [-0.39, 0.29) is 5.41 Å². The number of benzene rings is 1. The lowest BCUT2D eigenvalue weighted by Crippen LogP contribution is -2.22. The van der Waals surface area contributed by atoms with E-state index < -0.39 is 0 Å². The molecule has 1 aliphatic rings. The molecule has 0 bridgehead atoms. The zero-order valence-corrected chi connectivity index (χ0v) is 12.8. The van der Waals surface area contributed by atoms with E-state index >= 15 is 0 Å². The van der Waals surface area contributed by atoms with E-state index in [9.17, 15) is 0 Å². The molecule has 0 aliphatic heterocycles. The molecular weight excluding hydrogens is 230 g/mol. The number of rotatable bonds is 4. The second-order valence-electron chi connectivity index (χ2n) is 6.53. The molecule has 1 heteroatoms. The summed E-state index contributed by atoms with van der Waals surface area (Å²) in [5.41, 5.74) is 4.62. The van der Waals surface area contributed by atoms with E-state index in [2.05, 4.69) is 63.4 Å². The Morgan fingerprint density at radius 3 is 2.32 bits per heavy atom. The Morgan fingerprint density at radius 2 is 1.84 bits per heavy atom. The minimum Gasteiger partial charge on any atom is -0.307 e.